The monoisotopic (exact) mass is 225 g/mol. The van der Waals surface area contributed by atoms with Crippen LogP contribution in [-0.2, 0) is 4.57 Å². The van der Waals surface area contributed by atoms with E-state index in [0.29, 0.717) is 0 Å². The Balaban J connectivity index is 0. The Bertz CT molecular complexity index is 149. The average molecular weight is 225 g/mol. The second kappa shape index (κ2) is 7.41. The molecular weight excluding hydrogens is 201 g/mol. The number of hydrogen-bond acceptors (Lipinski definition) is 2. The van der Waals surface area contributed by atoms with Gasteiger partial charge in [-0.1, -0.05) is 0 Å². The second-order valence-electron chi connectivity index (χ2n) is 3.41. The largest absolute Gasteiger partial charge is 0.779 e. The van der Waals surface area contributed by atoms with Gasteiger partial charge in [0.05, 0.1) is 26.2 Å². The number of rotatable bonds is 4. The molecule has 0 aromatic heterocycles. The van der Waals surface area contributed by atoms with Crippen LogP contribution in [0.3, 0.4) is 0 Å². The molecule has 0 heterocycles. The normalized spacial score (nSPS) is 15.4. The number of hydrogen-bond donors (Lipinski definition) is 1. The predicted molar refractivity (Wildman–Crippen MR) is 58.2 cm³/mol. The summed E-state index contributed by atoms with van der Waals surface area (Å²) in [6.45, 7) is 15.0. The maximum Gasteiger partial charge on any atom is 0.129 e. The molecule has 1 unspecified atom stereocenters. The van der Waals surface area contributed by atoms with Crippen LogP contribution in [0, 0.1) is 0 Å². The first-order chi connectivity index (χ1) is 6.24. The molecule has 0 saturated heterocycles. The van der Waals surface area contributed by atoms with Gasteiger partial charge in [0, 0.05) is 6.66 Å². The van der Waals surface area contributed by atoms with Gasteiger partial charge in [-0.3, -0.25) is 0 Å². The van der Waals surface area contributed by atoms with Gasteiger partial charge in [0.15, 0.2) is 0 Å². The lowest BCUT2D eigenvalue weighted by Gasteiger charge is -2.34. The highest BCUT2D eigenvalue weighted by molar-refractivity contribution is 7.49. The van der Waals surface area contributed by atoms with Gasteiger partial charge in [0.25, 0.3) is 0 Å². The van der Waals surface area contributed by atoms with Gasteiger partial charge in [0.2, 0.25) is 0 Å². The van der Waals surface area contributed by atoms with Crippen LogP contribution in [0.4, 0.5) is 0 Å². The van der Waals surface area contributed by atoms with Crippen LogP contribution < -0.4 is 4.89 Å². The molecule has 0 aromatic rings. The van der Waals surface area contributed by atoms with E-state index in [0.717, 1.165) is 6.66 Å². The van der Waals surface area contributed by atoms with Crippen LogP contribution in [0.15, 0.2) is 0 Å². The highest BCUT2D eigenvalue weighted by atomic mass is 31.2. The molecule has 0 aliphatic heterocycles. The summed E-state index contributed by atoms with van der Waals surface area (Å²) in [5, 5.41) is 0. The summed E-state index contributed by atoms with van der Waals surface area (Å²) in [4.78, 5) is 16.7. The lowest BCUT2D eigenvalue weighted by Crippen LogP contribution is -2.47. The van der Waals surface area contributed by atoms with Crippen molar-refractivity contribution >= 4 is 7.60 Å². The van der Waals surface area contributed by atoms with E-state index >= 15 is 0 Å². The van der Waals surface area contributed by atoms with E-state index in [9.17, 15) is 9.46 Å². The molecular formula is C9H24NO3P. The lowest BCUT2D eigenvalue weighted by atomic mass is 10.3. The molecule has 4 nitrogen and oxygen atoms in total. The Labute approximate surface area is 87.7 Å². The fourth-order valence-electron chi connectivity index (χ4n) is 1.34. The average Bonchev–Trinajstić information content (AvgIpc) is 2.07. The Kier molecular flexibility index (Phi) is 8.75. The third kappa shape index (κ3) is 10.2. The molecule has 0 saturated carbocycles. The Hall–Kier alpha value is 0.110. The Morgan fingerprint density at radius 3 is 1.21 bits per heavy atom. The van der Waals surface area contributed by atoms with E-state index in [-0.39, 0.29) is 0 Å². The fraction of sp³-hybridized carbons (Fsp3) is 1.00. The van der Waals surface area contributed by atoms with Gasteiger partial charge < -0.3 is 18.8 Å². The van der Waals surface area contributed by atoms with Crippen molar-refractivity contribution in [2.24, 2.45) is 0 Å². The van der Waals surface area contributed by atoms with Crippen LogP contribution in [0.2, 0.25) is 0 Å². The lowest BCUT2D eigenvalue weighted by molar-refractivity contribution is -0.921. The molecule has 5 heteroatoms. The van der Waals surface area contributed by atoms with Crippen molar-refractivity contribution in [2.45, 2.75) is 27.7 Å². The van der Waals surface area contributed by atoms with E-state index < -0.39 is 7.60 Å². The standard InChI is InChI=1S/C8H20N.CH5O3P/c1-5-9(6-2,7-3)8-4;1-5(2,3)4/h5-8H2,1-4H3;1H3,(H2,2,3,4)/q+1;/p-1. The first-order valence-electron chi connectivity index (χ1n) is 5.11. The molecule has 0 aromatic carbocycles. The summed E-state index contributed by atoms with van der Waals surface area (Å²) >= 11 is 0. The van der Waals surface area contributed by atoms with E-state index in [1.807, 2.05) is 0 Å². The van der Waals surface area contributed by atoms with E-state index in [4.69, 9.17) is 4.89 Å². The van der Waals surface area contributed by atoms with Crippen LogP contribution in [0.25, 0.3) is 0 Å². The van der Waals surface area contributed by atoms with Gasteiger partial charge in [-0.2, -0.15) is 0 Å². The van der Waals surface area contributed by atoms with E-state index in [1.165, 1.54) is 30.7 Å². The zero-order valence-corrected chi connectivity index (χ0v) is 10.9. The quantitative estimate of drug-likeness (QED) is 0.574. The van der Waals surface area contributed by atoms with Crippen molar-refractivity contribution in [3.05, 3.63) is 0 Å². The molecule has 14 heavy (non-hydrogen) atoms. The maximum absolute atomic E-state index is 9.22. The highest BCUT2D eigenvalue weighted by Crippen LogP contribution is 2.19. The first kappa shape index (κ1) is 16.5. The maximum atomic E-state index is 9.22. The van der Waals surface area contributed by atoms with Gasteiger partial charge in [-0.25, -0.2) is 0 Å². The fourth-order valence-corrected chi connectivity index (χ4v) is 1.34. The third-order valence-electron chi connectivity index (χ3n) is 2.68. The van der Waals surface area contributed by atoms with Crippen molar-refractivity contribution in [2.75, 3.05) is 32.8 Å². The van der Waals surface area contributed by atoms with Crippen molar-refractivity contribution in [3.63, 3.8) is 0 Å². The molecule has 88 valence electrons. The van der Waals surface area contributed by atoms with E-state index in [2.05, 4.69) is 27.7 Å². The second-order valence-corrected chi connectivity index (χ2v) is 5.02. The first-order valence-corrected chi connectivity index (χ1v) is 7.13. The van der Waals surface area contributed by atoms with Gasteiger partial charge in [-0.15, -0.1) is 0 Å². The minimum absolute atomic E-state index is 0.743. The van der Waals surface area contributed by atoms with Crippen molar-refractivity contribution in [1.82, 2.24) is 0 Å². The van der Waals surface area contributed by atoms with Crippen molar-refractivity contribution in [3.8, 4) is 0 Å². The van der Waals surface area contributed by atoms with E-state index in [1.54, 1.807) is 0 Å². The third-order valence-corrected chi connectivity index (χ3v) is 2.68. The predicted octanol–water partition coefficient (Wildman–Crippen LogP) is 1.04. The van der Waals surface area contributed by atoms with Crippen molar-refractivity contribution < 1.29 is 18.8 Å². The molecule has 1 N–H and O–H groups in total. The number of nitrogens with zero attached hydrogens (tertiary/aromatic N) is 1. The molecule has 1 atom stereocenters. The summed E-state index contributed by atoms with van der Waals surface area (Å²) in [5.41, 5.74) is 0. The Morgan fingerprint density at radius 2 is 1.21 bits per heavy atom. The topological polar surface area (TPSA) is 60.4 Å². The Morgan fingerprint density at radius 1 is 1.07 bits per heavy atom. The summed E-state index contributed by atoms with van der Waals surface area (Å²) in [7, 11) is -3.89. The number of quaternary nitrogens is 1. The SMILES string of the molecule is CC[N+](CC)(CC)CC.CP(=O)([O-])O. The minimum Gasteiger partial charge on any atom is -0.779 e. The summed E-state index contributed by atoms with van der Waals surface area (Å²) < 4.78 is 10.5. The molecule has 0 spiro atoms. The van der Waals surface area contributed by atoms with Gasteiger partial charge >= 0.3 is 0 Å². The van der Waals surface area contributed by atoms with Crippen LogP contribution >= 0.6 is 7.60 Å². The summed E-state index contributed by atoms with van der Waals surface area (Å²) in [6.07, 6.45) is 0. The zero-order valence-electron chi connectivity index (χ0n) is 9.99. The summed E-state index contributed by atoms with van der Waals surface area (Å²) in [6, 6.07) is 0. The van der Waals surface area contributed by atoms with Gasteiger partial charge in [-0.05, 0) is 27.7 Å². The zero-order chi connectivity index (χ0) is 11.8. The molecule has 0 aliphatic carbocycles. The van der Waals surface area contributed by atoms with Gasteiger partial charge in [0.1, 0.15) is 7.60 Å². The van der Waals surface area contributed by atoms with Crippen LogP contribution in [-0.4, -0.2) is 42.2 Å². The van der Waals surface area contributed by atoms with Crippen molar-refractivity contribution in [1.29, 1.82) is 0 Å². The highest BCUT2D eigenvalue weighted by Gasteiger charge is 2.16. The molecule has 0 aliphatic rings. The molecule has 0 radical (unpaired) electrons. The smallest absolute Gasteiger partial charge is 0.129 e. The molecule has 0 bridgehead atoms. The molecule has 0 fully saturated rings. The molecule has 0 amide bonds. The molecule has 0 rings (SSSR count). The van der Waals surface area contributed by atoms with Crippen LogP contribution in [0.5, 0.6) is 0 Å². The minimum atomic E-state index is -3.89. The summed E-state index contributed by atoms with van der Waals surface area (Å²) in [5.74, 6) is 0. The van der Waals surface area contributed by atoms with Crippen LogP contribution in [0.1, 0.15) is 27.7 Å².